The van der Waals surface area contributed by atoms with Gasteiger partial charge in [-0.15, -0.1) is 0 Å². The Morgan fingerprint density at radius 2 is 2.13 bits per heavy atom. The van der Waals surface area contributed by atoms with Gasteiger partial charge in [0.25, 0.3) is 0 Å². The number of furan rings is 1. The maximum atomic E-state index is 11.3. The van der Waals surface area contributed by atoms with Gasteiger partial charge in [-0.3, -0.25) is 4.79 Å². The Hall–Kier alpha value is -1.85. The summed E-state index contributed by atoms with van der Waals surface area (Å²) in [7, 11) is 0. The molecule has 0 atom stereocenters. The number of fused-ring (bicyclic) bond motifs is 2. The summed E-state index contributed by atoms with van der Waals surface area (Å²) in [5.74, 6) is 0.289. The van der Waals surface area contributed by atoms with Crippen molar-refractivity contribution in [3.05, 3.63) is 35.6 Å². The maximum Gasteiger partial charge on any atom is 0.312 e. The van der Waals surface area contributed by atoms with Gasteiger partial charge in [-0.25, -0.2) is 0 Å². The van der Waals surface area contributed by atoms with Crippen molar-refractivity contribution in [3.8, 4) is 0 Å². The van der Waals surface area contributed by atoms with Gasteiger partial charge in [-0.2, -0.15) is 0 Å². The third kappa shape index (κ3) is 2.18. The smallest absolute Gasteiger partial charge is 0.312 e. The van der Waals surface area contributed by atoms with Gasteiger partial charge in [0, 0.05) is 30.5 Å². The molecule has 0 spiro atoms. The molecule has 1 aliphatic carbocycles. The second kappa shape index (κ2) is 5.08. The molecule has 5 nitrogen and oxygen atoms in total. The number of hydrogen-bond acceptors (Lipinski definition) is 4. The fourth-order valence-corrected chi connectivity index (χ4v) is 4.11. The van der Waals surface area contributed by atoms with Crippen LogP contribution in [0.15, 0.2) is 28.7 Å². The number of rotatable bonds is 6. The van der Waals surface area contributed by atoms with Crippen molar-refractivity contribution in [2.24, 2.45) is 5.41 Å². The molecule has 1 saturated carbocycles. The van der Waals surface area contributed by atoms with Crippen molar-refractivity contribution in [1.29, 1.82) is 0 Å². The number of benzene rings is 1. The predicted octanol–water partition coefficient (Wildman–Crippen LogP) is 2.72. The number of nitrogens with one attached hydrogen (secondary N) is 1. The topological polar surface area (TPSA) is 71.7 Å². The predicted molar refractivity (Wildman–Crippen MR) is 85.3 cm³/mol. The lowest BCUT2D eigenvalue weighted by molar-refractivity contribution is -0.153. The zero-order valence-corrected chi connectivity index (χ0v) is 13.2. The summed E-state index contributed by atoms with van der Waals surface area (Å²) in [6.45, 7) is 3.84. The Kier molecular flexibility index (Phi) is 3.25. The SMILES string of the molecule is CCc1oc2ccccc2c1CNCC12CC(C(=O)O)(CO1)C2. The van der Waals surface area contributed by atoms with Crippen molar-refractivity contribution < 1.29 is 19.1 Å². The number of ether oxygens (including phenoxy) is 1. The Bertz CT molecular complexity index is 757. The molecule has 1 aromatic heterocycles. The molecule has 2 aromatic rings. The third-order valence-corrected chi connectivity index (χ3v) is 5.28. The molecule has 2 bridgehead atoms. The molecule has 0 unspecified atom stereocenters. The van der Waals surface area contributed by atoms with E-state index in [4.69, 9.17) is 9.15 Å². The summed E-state index contributed by atoms with van der Waals surface area (Å²) >= 11 is 0. The Morgan fingerprint density at radius 3 is 2.83 bits per heavy atom. The zero-order valence-electron chi connectivity index (χ0n) is 13.2. The highest BCUT2D eigenvalue weighted by atomic mass is 16.5. The highest BCUT2D eigenvalue weighted by Crippen LogP contribution is 2.57. The van der Waals surface area contributed by atoms with Crippen LogP contribution in [0.3, 0.4) is 0 Å². The minimum atomic E-state index is -0.722. The Balaban J connectivity index is 1.44. The summed E-state index contributed by atoms with van der Waals surface area (Å²) in [5.41, 5.74) is 1.20. The molecule has 3 heterocycles. The molecule has 3 aliphatic rings. The van der Waals surface area contributed by atoms with E-state index in [1.165, 1.54) is 5.56 Å². The molecule has 5 rings (SSSR count). The first kappa shape index (κ1) is 14.7. The minimum absolute atomic E-state index is 0.287. The van der Waals surface area contributed by atoms with Crippen LogP contribution in [0.25, 0.3) is 11.0 Å². The lowest BCUT2D eigenvalue weighted by Gasteiger charge is -2.41. The fourth-order valence-electron chi connectivity index (χ4n) is 4.11. The minimum Gasteiger partial charge on any atom is -0.481 e. The van der Waals surface area contributed by atoms with Gasteiger partial charge in [-0.05, 0) is 18.9 Å². The number of aliphatic carboxylic acids is 1. The molecule has 3 fully saturated rings. The van der Waals surface area contributed by atoms with Crippen LogP contribution in [0.1, 0.15) is 31.1 Å². The van der Waals surface area contributed by atoms with E-state index < -0.39 is 11.4 Å². The summed E-state index contributed by atoms with van der Waals surface area (Å²) in [4.78, 5) is 11.3. The second-order valence-corrected chi connectivity index (χ2v) is 6.87. The van der Waals surface area contributed by atoms with Crippen molar-refractivity contribution in [3.63, 3.8) is 0 Å². The van der Waals surface area contributed by atoms with E-state index >= 15 is 0 Å². The van der Waals surface area contributed by atoms with Gasteiger partial charge in [0.2, 0.25) is 0 Å². The van der Waals surface area contributed by atoms with Gasteiger partial charge in [0.1, 0.15) is 11.3 Å². The highest BCUT2D eigenvalue weighted by molar-refractivity contribution is 5.82. The van der Waals surface area contributed by atoms with Gasteiger partial charge in [0.05, 0.1) is 17.6 Å². The number of hydrogen-bond donors (Lipinski definition) is 2. The summed E-state index contributed by atoms with van der Waals surface area (Å²) in [6.07, 6.45) is 2.10. The lowest BCUT2D eigenvalue weighted by atomic mass is 9.62. The summed E-state index contributed by atoms with van der Waals surface area (Å²) in [6, 6.07) is 8.07. The molecule has 23 heavy (non-hydrogen) atoms. The largest absolute Gasteiger partial charge is 0.481 e. The normalized spacial score (nSPS) is 28.9. The van der Waals surface area contributed by atoms with Crippen LogP contribution in [0.5, 0.6) is 0 Å². The first-order chi connectivity index (χ1) is 11.1. The summed E-state index contributed by atoms with van der Waals surface area (Å²) in [5, 5.41) is 13.9. The second-order valence-electron chi connectivity index (χ2n) is 6.87. The van der Waals surface area contributed by atoms with Crippen LogP contribution < -0.4 is 5.32 Å². The van der Waals surface area contributed by atoms with Crippen LogP contribution in [0.4, 0.5) is 0 Å². The van der Waals surface area contributed by atoms with E-state index in [1.54, 1.807) is 0 Å². The van der Waals surface area contributed by atoms with E-state index in [1.807, 2.05) is 18.2 Å². The molecule has 2 saturated heterocycles. The number of carbonyl (C=O) groups is 1. The number of para-hydroxylation sites is 1. The number of carboxylic acid groups (broad SMARTS) is 1. The van der Waals surface area contributed by atoms with Crippen molar-refractivity contribution in [2.45, 2.75) is 38.3 Å². The quantitative estimate of drug-likeness (QED) is 0.857. The lowest BCUT2D eigenvalue weighted by Crippen LogP contribution is -2.53. The first-order valence-electron chi connectivity index (χ1n) is 8.15. The zero-order chi connectivity index (χ0) is 16.1. The van der Waals surface area contributed by atoms with Crippen molar-refractivity contribution in [1.82, 2.24) is 5.32 Å². The molecular weight excluding hydrogens is 294 g/mol. The van der Waals surface area contributed by atoms with Crippen LogP contribution >= 0.6 is 0 Å². The van der Waals surface area contributed by atoms with Gasteiger partial charge in [0.15, 0.2) is 0 Å². The average molecular weight is 315 g/mol. The van der Waals surface area contributed by atoms with Crippen molar-refractivity contribution >= 4 is 16.9 Å². The Labute approximate surface area is 134 Å². The fraction of sp³-hybridized carbons (Fsp3) is 0.500. The van der Waals surface area contributed by atoms with Crippen molar-refractivity contribution in [2.75, 3.05) is 13.2 Å². The molecule has 0 radical (unpaired) electrons. The summed E-state index contributed by atoms with van der Waals surface area (Å²) < 4.78 is 11.7. The average Bonchev–Trinajstić information content (AvgIpc) is 3.17. The van der Waals surface area contributed by atoms with Crippen LogP contribution in [0, 0.1) is 5.41 Å². The highest BCUT2D eigenvalue weighted by Gasteiger charge is 2.66. The molecule has 2 aliphatic heterocycles. The molecule has 1 aromatic carbocycles. The first-order valence-corrected chi connectivity index (χ1v) is 8.15. The standard InChI is InChI=1S/C18H21NO4/c1-2-14-13(12-5-3-4-6-15(12)23-14)7-19-10-18-8-17(9-18,11-22-18)16(20)21/h3-6,19H,2,7-11H2,1H3,(H,20,21). The monoisotopic (exact) mass is 315 g/mol. The molecule has 2 N–H and O–H groups in total. The van der Waals surface area contributed by atoms with Gasteiger partial charge < -0.3 is 19.6 Å². The van der Waals surface area contributed by atoms with Crippen LogP contribution in [-0.4, -0.2) is 29.8 Å². The van der Waals surface area contributed by atoms with E-state index in [9.17, 15) is 9.90 Å². The molecule has 122 valence electrons. The molecule has 0 amide bonds. The molecule has 5 heteroatoms. The third-order valence-electron chi connectivity index (χ3n) is 5.28. The van der Waals surface area contributed by atoms with Gasteiger partial charge >= 0.3 is 5.97 Å². The van der Waals surface area contributed by atoms with Gasteiger partial charge in [-0.1, -0.05) is 25.1 Å². The van der Waals surface area contributed by atoms with Crippen LogP contribution in [-0.2, 0) is 22.5 Å². The van der Waals surface area contributed by atoms with E-state index in [-0.39, 0.29) is 5.60 Å². The van der Waals surface area contributed by atoms with E-state index in [0.29, 0.717) is 32.5 Å². The van der Waals surface area contributed by atoms with E-state index in [0.717, 1.165) is 23.2 Å². The maximum absolute atomic E-state index is 11.3. The van der Waals surface area contributed by atoms with E-state index in [2.05, 4.69) is 18.3 Å². The number of aryl methyl sites for hydroxylation is 1. The number of carboxylic acids is 1. The Morgan fingerprint density at radius 1 is 1.35 bits per heavy atom. The van der Waals surface area contributed by atoms with Crippen LogP contribution in [0.2, 0.25) is 0 Å². The molecular formula is C18H21NO4.